The average molecular weight is 504 g/mol. The van der Waals surface area contributed by atoms with Crippen LogP contribution in [0.3, 0.4) is 0 Å². The van der Waals surface area contributed by atoms with Gasteiger partial charge in [0.15, 0.2) is 5.79 Å². The van der Waals surface area contributed by atoms with E-state index in [0.29, 0.717) is 18.1 Å². The van der Waals surface area contributed by atoms with Crippen LogP contribution in [-0.4, -0.2) is 47.8 Å². The van der Waals surface area contributed by atoms with E-state index < -0.39 is 5.79 Å². The van der Waals surface area contributed by atoms with E-state index in [1.807, 2.05) is 0 Å². The smallest absolute Gasteiger partial charge is 0.302 e. The molecule has 5 rings (SSSR count). The normalized spacial score (nSPS) is 50.9. The van der Waals surface area contributed by atoms with Gasteiger partial charge in [-0.25, -0.2) is 0 Å². The molecule has 0 unspecified atom stereocenters. The number of ketones is 1. The summed E-state index contributed by atoms with van der Waals surface area (Å²) in [5, 5.41) is 12.7. The molecule has 2 heterocycles. The van der Waals surface area contributed by atoms with Crippen molar-refractivity contribution in [1.82, 2.24) is 0 Å². The van der Waals surface area contributed by atoms with E-state index in [4.69, 9.17) is 14.2 Å². The maximum Gasteiger partial charge on any atom is 0.302 e. The van der Waals surface area contributed by atoms with Crippen molar-refractivity contribution < 1.29 is 29.0 Å². The molecule has 11 atom stereocenters. The number of Topliss-reactive ketones (excluding diaryl/α,β-unsaturated/α-hetero) is 1. The molecule has 202 valence electrons. The number of carbonyl (C=O) groups excluding carboxylic acids is 2. The van der Waals surface area contributed by atoms with Crippen molar-refractivity contribution in [2.75, 3.05) is 6.61 Å². The molecule has 7 heteroatoms. The molecule has 0 radical (unpaired) electrons. The van der Waals surface area contributed by atoms with Gasteiger partial charge in [-0.15, -0.1) is 5.16 Å². The first-order valence-electron chi connectivity index (χ1n) is 14.2. The first-order valence-corrected chi connectivity index (χ1v) is 14.2. The van der Waals surface area contributed by atoms with Gasteiger partial charge >= 0.3 is 5.97 Å². The lowest BCUT2D eigenvalue weighted by molar-refractivity contribution is -0.271. The Bertz CT molecular complexity index is 896. The van der Waals surface area contributed by atoms with Crippen molar-refractivity contribution >= 4 is 18.0 Å². The summed E-state index contributed by atoms with van der Waals surface area (Å²) in [6.07, 6.45) is 9.33. The third-order valence-corrected chi connectivity index (χ3v) is 11.3. The molecule has 1 N–H and O–H groups in total. The van der Waals surface area contributed by atoms with E-state index in [9.17, 15) is 14.8 Å². The van der Waals surface area contributed by atoms with E-state index in [1.54, 1.807) is 6.21 Å². The summed E-state index contributed by atoms with van der Waals surface area (Å²) in [5.74, 6) is 1.10. The fourth-order valence-corrected chi connectivity index (χ4v) is 9.26. The summed E-state index contributed by atoms with van der Waals surface area (Å²) in [6, 6.07) is 0. The van der Waals surface area contributed by atoms with Crippen molar-refractivity contribution in [2.24, 2.45) is 51.5 Å². The Morgan fingerprint density at radius 1 is 1.17 bits per heavy atom. The number of nitrogens with zero attached hydrogens (tertiary/aromatic N) is 1. The van der Waals surface area contributed by atoms with Gasteiger partial charge in [0, 0.05) is 36.8 Å². The molecule has 2 aliphatic heterocycles. The molecule has 7 nitrogen and oxygen atoms in total. The summed E-state index contributed by atoms with van der Waals surface area (Å²) in [7, 11) is 0. The summed E-state index contributed by atoms with van der Waals surface area (Å²) < 4.78 is 18.7. The maximum absolute atomic E-state index is 14.2. The molecule has 5 fully saturated rings. The Kier molecular flexibility index (Phi) is 6.81. The zero-order valence-electron chi connectivity index (χ0n) is 22.7. The standard InChI is InChI=1S/C29H45NO6/c1-17-8-11-29(34-16-17)18(2)25-24(36-29)15-23(28(25,5)12-13-30-33)22-7-6-20-14-21(35-19(3)31)9-10-27(20,4)26(22)32/h13,17-18,20-25,33H,6-12,14-16H2,1-5H3/b30-13+/t17-,18+,20+,21+,22+,23+,24+,25+,27+,28+,29-/m1/s1. The molecule has 0 aromatic heterocycles. The highest BCUT2D eigenvalue weighted by molar-refractivity contribution is 5.88. The van der Waals surface area contributed by atoms with Crippen molar-refractivity contribution in [3.05, 3.63) is 0 Å². The minimum absolute atomic E-state index is 0.0155. The Morgan fingerprint density at radius 3 is 2.61 bits per heavy atom. The van der Waals surface area contributed by atoms with Crippen molar-refractivity contribution in [1.29, 1.82) is 0 Å². The Morgan fingerprint density at radius 2 is 1.94 bits per heavy atom. The number of ether oxygens (including phenoxy) is 3. The first-order chi connectivity index (χ1) is 17.0. The quantitative estimate of drug-likeness (QED) is 0.240. The van der Waals surface area contributed by atoms with E-state index in [2.05, 4.69) is 32.9 Å². The summed E-state index contributed by atoms with van der Waals surface area (Å²) in [6.45, 7) is 11.2. The number of rotatable bonds is 4. The Labute approximate surface area is 215 Å². The lowest BCUT2D eigenvalue weighted by Gasteiger charge is -2.51. The minimum Gasteiger partial charge on any atom is -0.463 e. The van der Waals surface area contributed by atoms with E-state index >= 15 is 0 Å². The zero-order valence-corrected chi connectivity index (χ0v) is 22.7. The van der Waals surface area contributed by atoms with Gasteiger partial charge in [-0.2, -0.15) is 0 Å². The molecule has 0 aromatic rings. The second-order valence-electron chi connectivity index (χ2n) is 13.3. The second-order valence-corrected chi connectivity index (χ2v) is 13.3. The molecule has 3 saturated carbocycles. The SMILES string of the molecule is CC(=O)O[C@H]1CC[C@]2(C)C(=O)[C@H]([C@@H]3C[C@@H]4O[C@]5(CC[C@@H](C)CO5)[C@@H](C)[C@@H]4[C@@]3(C)C/C=N/O)CC[C@H]2C1. The molecule has 2 saturated heterocycles. The van der Waals surface area contributed by atoms with Crippen molar-refractivity contribution in [2.45, 2.75) is 110 Å². The maximum atomic E-state index is 14.2. The number of esters is 1. The van der Waals surface area contributed by atoms with E-state index in [1.165, 1.54) is 6.92 Å². The summed E-state index contributed by atoms with van der Waals surface area (Å²) >= 11 is 0. The van der Waals surface area contributed by atoms with Crippen LogP contribution in [0.25, 0.3) is 0 Å². The fourth-order valence-electron chi connectivity index (χ4n) is 9.26. The molecule has 0 aromatic carbocycles. The van der Waals surface area contributed by atoms with Gasteiger partial charge in [0.2, 0.25) is 0 Å². The second kappa shape index (κ2) is 9.37. The Balaban J connectivity index is 1.38. The van der Waals surface area contributed by atoms with Crippen LogP contribution in [0.1, 0.15) is 92.4 Å². The number of carbonyl (C=O) groups is 2. The predicted molar refractivity (Wildman–Crippen MR) is 134 cm³/mol. The monoisotopic (exact) mass is 503 g/mol. The van der Waals surface area contributed by atoms with Crippen LogP contribution < -0.4 is 0 Å². The zero-order chi connectivity index (χ0) is 25.9. The minimum atomic E-state index is -0.521. The van der Waals surface area contributed by atoms with Gasteiger partial charge in [-0.1, -0.05) is 27.7 Å². The highest BCUT2D eigenvalue weighted by Crippen LogP contribution is 2.66. The van der Waals surface area contributed by atoms with Gasteiger partial charge in [0.1, 0.15) is 11.9 Å². The van der Waals surface area contributed by atoms with E-state index in [-0.39, 0.29) is 58.6 Å². The van der Waals surface area contributed by atoms with Crippen LogP contribution in [-0.2, 0) is 23.8 Å². The van der Waals surface area contributed by atoms with Gasteiger partial charge < -0.3 is 19.4 Å². The molecule has 0 bridgehead atoms. The van der Waals surface area contributed by atoms with Gasteiger partial charge in [-0.3, -0.25) is 9.59 Å². The van der Waals surface area contributed by atoms with Crippen LogP contribution in [0.5, 0.6) is 0 Å². The lowest BCUT2D eigenvalue weighted by atomic mass is 9.52. The third kappa shape index (κ3) is 4.03. The van der Waals surface area contributed by atoms with Crippen molar-refractivity contribution in [3.8, 4) is 0 Å². The lowest BCUT2D eigenvalue weighted by Crippen LogP contribution is -2.53. The van der Waals surface area contributed by atoms with Gasteiger partial charge in [0.05, 0.1) is 12.7 Å². The largest absolute Gasteiger partial charge is 0.463 e. The molecular weight excluding hydrogens is 458 g/mol. The Hall–Kier alpha value is -1.47. The molecule has 0 amide bonds. The number of hydrogen-bond donors (Lipinski definition) is 1. The number of fused-ring (bicyclic) bond motifs is 2. The number of hydrogen-bond acceptors (Lipinski definition) is 7. The van der Waals surface area contributed by atoms with Crippen molar-refractivity contribution in [3.63, 3.8) is 0 Å². The third-order valence-electron chi connectivity index (χ3n) is 11.3. The van der Waals surface area contributed by atoms with E-state index in [0.717, 1.165) is 58.0 Å². The fraction of sp³-hybridized carbons (Fsp3) is 0.897. The molecular formula is C29H45NO6. The van der Waals surface area contributed by atoms with Crippen LogP contribution in [0.15, 0.2) is 5.16 Å². The summed E-state index contributed by atoms with van der Waals surface area (Å²) in [4.78, 5) is 25.7. The number of oxime groups is 1. The van der Waals surface area contributed by atoms with Crippen LogP contribution >= 0.6 is 0 Å². The van der Waals surface area contributed by atoms with Gasteiger partial charge in [0.25, 0.3) is 0 Å². The topological polar surface area (TPSA) is 94.4 Å². The van der Waals surface area contributed by atoms with Crippen LogP contribution in [0, 0.1) is 46.3 Å². The van der Waals surface area contributed by atoms with Gasteiger partial charge in [-0.05, 0) is 80.5 Å². The predicted octanol–water partition coefficient (Wildman–Crippen LogP) is 5.37. The molecule has 36 heavy (non-hydrogen) atoms. The highest BCUT2D eigenvalue weighted by Gasteiger charge is 2.67. The molecule has 1 spiro atoms. The first kappa shape index (κ1) is 26.1. The van der Waals surface area contributed by atoms with Crippen LogP contribution in [0.2, 0.25) is 0 Å². The molecule has 5 aliphatic rings. The van der Waals surface area contributed by atoms with Crippen LogP contribution in [0.4, 0.5) is 0 Å². The highest BCUT2D eigenvalue weighted by atomic mass is 16.7. The average Bonchev–Trinajstić information content (AvgIpc) is 3.26. The molecule has 3 aliphatic carbocycles. The summed E-state index contributed by atoms with van der Waals surface area (Å²) in [5.41, 5.74) is -0.565.